The topological polar surface area (TPSA) is 312 Å². The number of aromatic nitrogens is 8. The van der Waals surface area contributed by atoms with Crippen LogP contribution in [0.2, 0.25) is 0 Å². The molecule has 16 nitrogen and oxygen atoms in total. The van der Waals surface area contributed by atoms with E-state index in [1.54, 1.807) is 23.2 Å². The van der Waals surface area contributed by atoms with Gasteiger partial charge in [-0.15, -0.1) is 0 Å². The minimum atomic E-state index is -0.266. The van der Waals surface area contributed by atoms with Gasteiger partial charge >= 0.3 is 21.1 Å². The summed E-state index contributed by atoms with van der Waals surface area (Å²) in [6.45, 7) is 0. The Hall–Kier alpha value is -2.59. The van der Waals surface area contributed by atoms with E-state index < -0.39 is 0 Å². The molecular formula is C12H24Cl2N12O4Pt+2. The van der Waals surface area contributed by atoms with Gasteiger partial charge in [-0.25, -0.2) is 9.97 Å². The van der Waals surface area contributed by atoms with Crippen LogP contribution >= 0.6 is 0 Å². The van der Waals surface area contributed by atoms with Gasteiger partial charge in [0.25, 0.3) is 11.1 Å². The first-order chi connectivity index (χ1) is 11.4. The van der Waals surface area contributed by atoms with E-state index in [0.29, 0.717) is 22.3 Å². The maximum absolute atomic E-state index is 11.2. The quantitative estimate of drug-likeness (QED) is 0.103. The van der Waals surface area contributed by atoms with Gasteiger partial charge in [0.15, 0.2) is 22.3 Å². The van der Waals surface area contributed by atoms with Gasteiger partial charge in [0.1, 0.15) is 0 Å². The Morgan fingerprint density at radius 2 is 1.06 bits per heavy atom. The van der Waals surface area contributed by atoms with Crippen molar-refractivity contribution in [1.82, 2.24) is 51.3 Å². The number of aryl methyl sites for hydroxylation is 2. The summed E-state index contributed by atoms with van der Waals surface area (Å²) in [5.41, 5.74) is 11.7. The van der Waals surface area contributed by atoms with Crippen LogP contribution in [0.15, 0.2) is 22.2 Å². The van der Waals surface area contributed by atoms with E-state index in [0.717, 1.165) is 0 Å². The van der Waals surface area contributed by atoms with Crippen molar-refractivity contribution < 1.29 is 56.8 Å². The molecule has 0 aliphatic heterocycles. The maximum Gasteiger partial charge on any atom is 4.00 e. The summed E-state index contributed by atoms with van der Waals surface area (Å²) in [5.74, 6) is 0.178. The number of aromatic amines is 2. The number of halogens is 2. The van der Waals surface area contributed by atoms with E-state index in [4.69, 9.17) is 11.5 Å². The number of nitrogens with one attached hydrogen (secondary N) is 2. The van der Waals surface area contributed by atoms with Crippen molar-refractivity contribution in [2.75, 3.05) is 11.5 Å². The van der Waals surface area contributed by atoms with Crippen molar-refractivity contribution in [3.63, 3.8) is 0 Å². The number of nitrogens with two attached hydrogens (primary N) is 2. The maximum atomic E-state index is 11.2. The zero-order valence-electron chi connectivity index (χ0n) is 16.3. The van der Waals surface area contributed by atoms with Crippen LogP contribution < -0.4 is 59.7 Å². The van der Waals surface area contributed by atoms with Gasteiger partial charge in [0.05, 0.1) is 12.7 Å². The Morgan fingerprint density at radius 3 is 1.35 bits per heavy atom. The molecule has 0 aliphatic rings. The predicted octanol–water partition coefficient (Wildman–Crippen LogP) is -8.84. The van der Waals surface area contributed by atoms with Crippen LogP contribution in [0.5, 0.6) is 0 Å². The van der Waals surface area contributed by atoms with Crippen LogP contribution in [0.3, 0.4) is 0 Å². The number of hydrogen-bond donors (Lipinski definition) is 6. The summed E-state index contributed by atoms with van der Waals surface area (Å²) in [4.78, 5) is 42.7. The summed E-state index contributed by atoms with van der Waals surface area (Å²) in [6, 6.07) is 0. The van der Waals surface area contributed by atoms with Crippen LogP contribution in [-0.2, 0) is 35.2 Å². The monoisotopic (exact) mass is 665 g/mol. The molecule has 19 heteroatoms. The molecule has 4 aromatic rings. The Bertz CT molecular complexity index is 1080. The first kappa shape index (κ1) is 38.9. The minimum absolute atomic E-state index is 0. The summed E-state index contributed by atoms with van der Waals surface area (Å²) in [5, 5.41) is 0. The van der Waals surface area contributed by atoms with Crippen molar-refractivity contribution in [3.8, 4) is 0 Å². The number of fused-ring (bicyclic) bond motifs is 2. The van der Waals surface area contributed by atoms with Crippen LogP contribution in [-0.4, -0.2) is 50.0 Å². The Balaban J connectivity index is -0.000000119. The largest absolute Gasteiger partial charge is 4.00 e. The first-order valence-electron chi connectivity index (χ1n) is 6.70. The van der Waals surface area contributed by atoms with Gasteiger partial charge in [-0.05, 0) is 0 Å². The van der Waals surface area contributed by atoms with Crippen molar-refractivity contribution in [1.29, 1.82) is 0 Å². The molecule has 4 heterocycles. The molecule has 4 aromatic heterocycles. The second-order valence-corrected chi connectivity index (χ2v) is 4.96. The van der Waals surface area contributed by atoms with Crippen LogP contribution in [0.4, 0.5) is 11.9 Å². The molecule has 0 aliphatic carbocycles. The van der Waals surface area contributed by atoms with Gasteiger partial charge in [0.2, 0.25) is 11.9 Å². The summed E-state index contributed by atoms with van der Waals surface area (Å²) in [7, 11) is 3.45. The normalized spacial score (nSPS) is 8.32. The van der Waals surface area contributed by atoms with Crippen LogP contribution in [0, 0.1) is 0 Å². The molecule has 0 aromatic carbocycles. The Labute approximate surface area is 201 Å². The first-order valence-corrected chi connectivity index (χ1v) is 6.70. The van der Waals surface area contributed by atoms with Gasteiger partial charge in [-0.1, -0.05) is 0 Å². The molecule has 0 atom stereocenters. The number of anilines is 2. The van der Waals surface area contributed by atoms with E-state index in [1.807, 2.05) is 0 Å². The third-order valence-electron chi connectivity index (χ3n) is 3.20. The van der Waals surface area contributed by atoms with E-state index in [9.17, 15) is 9.59 Å². The van der Waals surface area contributed by atoms with Crippen LogP contribution in [0.25, 0.3) is 22.3 Å². The number of imidazole rings is 2. The number of nitrogen functional groups attached to an aromatic ring is 2. The van der Waals surface area contributed by atoms with Crippen molar-refractivity contribution in [2.24, 2.45) is 14.1 Å². The Morgan fingerprint density at radius 1 is 0.774 bits per heavy atom. The Kier molecular flexibility index (Phi) is 19.2. The van der Waals surface area contributed by atoms with Crippen molar-refractivity contribution >= 4 is 34.2 Å². The zero-order valence-corrected chi connectivity index (χ0v) is 20.1. The predicted molar refractivity (Wildman–Crippen MR) is 104 cm³/mol. The van der Waals surface area contributed by atoms with Crippen LogP contribution in [0.1, 0.15) is 0 Å². The molecule has 0 amide bonds. The summed E-state index contributed by atoms with van der Waals surface area (Å²) < 4.78 is 3.20. The molecule has 178 valence electrons. The molecule has 0 unspecified atom stereocenters. The fraction of sp³-hybridized carbons (Fsp3) is 0.167. The van der Waals surface area contributed by atoms with E-state index in [1.165, 1.54) is 12.7 Å². The number of hydrogen-bond acceptors (Lipinski definition) is 10. The number of rotatable bonds is 0. The fourth-order valence-electron chi connectivity index (χ4n) is 2.16. The average Bonchev–Trinajstić information content (AvgIpc) is 3.03. The standard InChI is InChI=1S/2C6H7N5O.2ClH.2H3N.2H2O.Pt/c2*1-11-2-8-4-3(11)5(12)10-6(7)9-4;;;;;;;/h2*2H,1H3,(H3,7,9,10,12);2*1H;2*1H3;2*1H2;/q;;;;;;;;+4/p-2. The van der Waals surface area contributed by atoms with Crippen molar-refractivity contribution in [2.45, 2.75) is 0 Å². The molecule has 0 saturated heterocycles. The third kappa shape index (κ3) is 7.87. The molecular weight excluding hydrogens is 642 g/mol. The zero-order chi connectivity index (χ0) is 17.4. The van der Waals surface area contributed by atoms with E-state index in [2.05, 4.69) is 29.9 Å². The smallest absolute Gasteiger partial charge is 1.00 e. The molecule has 0 fully saturated rings. The van der Waals surface area contributed by atoms with Crippen molar-refractivity contribution in [3.05, 3.63) is 33.4 Å². The van der Waals surface area contributed by atoms with E-state index in [-0.39, 0.29) is 92.1 Å². The minimum Gasteiger partial charge on any atom is -1.00 e. The molecule has 0 saturated carbocycles. The fourth-order valence-corrected chi connectivity index (χ4v) is 2.16. The second kappa shape index (κ2) is 15.2. The molecule has 0 spiro atoms. The molecule has 4 rings (SSSR count). The SMILES string of the molecule is Cn1cnc2nc(N)[nH]c(=O)c21.Cn1cnc2nc(N)[nH]c(=O)c21.N.N.O.O.[Cl-].[Cl-].[Pt+4]. The third-order valence-corrected chi connectivity index (χ3v) is 3.20. The summed E-state index contributed by atoms with van der Waals surface area (Å²) in [6.07, 6.45) is 3.04. The molecule has 31 heavy (non-hydrogen) atoms. The molecule has 0 radical (unpaired) electrons. The van der Waals surface area contributed by atoms with Gasteiger partial charge < -0.3 is 68.7 Å². The van der Waals surface area contributed by atoms with Gasteiger partial charge in [-0.2, -0.15) is 9.97 Å². The summed E-state index contributed by atoms with van der Waals surface area (Å²) >= 11 is 0. The second-order valence-electron chi connectivity index (χ2n) is 4.96. The molecule has 16 N–H and O–H groups in total. The number of nitrogens with zero attached hydrogens (tertiary/aromatic N) is 6. The number of H-pyrrole nitrogens is 2. The van der Waals surface area contributed by atoms with Gasteiger partial charge in [-0.3, -0.25) is 19.6 Å². The molecule has 0 bridgehead atoms. The van der Waals surface area contributed by atoms with E-state index >= 15 is 0 Å². The average molecular weight is 666 g/mol. The van der Waals surface area contributed by atoms with Gasteiger partial charge in [0, 0.05) is 14.1 Å².